The van der Waals surface area contributed by atoms with Crippen LogP contribution in [0.3, 0.4) is 0 Å². The van der Waals surface area contributed by atoms with Crippen molar-refractivity contribution in [2.24, 2.45) is 4.99 Å². The van der Waals surface area contributed by atoms with E-state index in [0.717, 1.165) is 44.3 Å². The number of nitrogens with one attached hydrogen (secondary N) is 3. The van der Waals surface area contributed by atoms with Gasteiger partial charge in [0.15, 0.2) is 5.96 Å². The minimum absolute atomic E-state index is 0.213. The second kappa shape index (κ2) is 10.3. The molecular formula is C16H29N5S. The summed E-state index contributed by atoms with van der Waals surface area (Å²) in [5.74, 6) is 1.81. The summed E-state index contributed by atoms with van der Waals surface area (Å²) in [6, 6.07) is 5.90. The predicted octanol–water partition coefficient (Wildman–Crippen LogP) is 2.58. The molecule has 1 aromatic heterocycles. The van der Waals surface area contributed by atoms with E-state index in [9.17, 15) is 0 Å². The lowest BCUT2D eigenvalue weighted by atomic mass is 10.2. The first-order chi connectivity index (χ1) is 10.6. The van der Waals surface area contributed by atoms with Gasteiger partial charge in [-0.15, -0.1) is 0 Å². The van der Waals surface area contributed by atoms with Crippen LogP contribution in [-0.4, -0.2) is 48.6 Å². The molecule has 0 saturated heterocycles. The van der Waals surface area contributed by atoms with Gasteiger partial charge in [-0.25, -0.2) is 4.98 Å². The normalized spacial score (nSPS) is 12.1. The van der Waals surface area contributed by atoms with E-state index in [1.165, 1.54) is 0 Å². The molecule has 1 heterocycles. The molecule has 0 aliphatic rings. The largest absolute Gasteiger partial charge is 0.370 e. The maximum absolute atomic E-state index is 4.25. The van der Waals surface area contributed by atoms with Crippen LogP contribution in [0.25, 0.3) is 0 Å². The third-order valence-electron chi connectivity index (χ3n) is 3.32. The Morgan fingerprint density at radius 2 is 2.00 bits per heavy atom. The van der Waals surface area contributed by atoms with Crippen LogP contribution in [0.15, 0.2) is 29.4 Å². The zero-order valence-corrected chi connectivity index (χ0v) is 15.0. The second-order valence-electron chi connectivity index (χ2n) is 5.67. The van der Waals surface area contributed by atoms with Gasteiger partial charge in [-0.05, 0) is 45.1 Å². The Morgan fingerprint density at radius 3 is 2.64 bits per heavy atom. The average Bonchev–Trinajstić information content (AvgIpc) is 2.54. The van der Waals surface area contributed by atoms with E-state index in [0.29, 0.717) is 0 Å². The number of hydrogen-bond acceptors (Lipinski definition) is 4. The molecule has 0 saturated carbocycles. The maximum Gasteiger partial charge on any atom is 0.191 e. The molecule has 6 heteroatoms. The van der Waals surface area contributed by atoms with Gasteiger partial charge in [0.25, 0.3) is 0 Å². The molecule has 0 aliphatic carbocycles. The molecule has 0 amide bonds. The highest BCUT2D eigenvalue weighted by Gasteiger charge is 2.15. The summed E-state index contributed by atoms with van der Waals surface area (Å²) in [5, 5.41) is 10.0. The first-order valence-corrected chi connectivity index (χ1v) is 8.94. The average molecular weight is 324 g/mol. The number of aromatic nitrogens is 1. The minimum atomic E-state index is 0.213. The van der Waals surface area contributed by atoms with Gasteiger partial charge in [0.1, 0.15) is 5.82 Å². The van der Waals surface area contributed by atoms with Crippen molar-refractivity contribution in [1.82, 2.24) is 15.6 Å². The van der Waals surface area contributed by atoms with Crippen molar-refractivity contribution in [1.29, 1.82) is 0 Å². The maximum atomic E-state index is 4.25. The molecule has 5 nitrogen and oxygen atoms in total. The first-order valence-electron chi connectivity index (χ1n) is 7.72. The highest BCUT2D eigenvalue weighted by atomic mass is 32.2. The third kappa shape index (κ3) is 8.12. The van der Waals surface area contributed by atoms with E-state index in [2.05, 4.69) is 46.0 Å². The van der Waals surface area contributed by atoms with E-state index >= 15 is 0 Å². The number of guanidine groups is 1. The van der Waals surface area contributed by atoms with Crippen LogP contribution in [-0.2, 0) is 0 Å². The van der Waals surface area contributed by atoms with Crippen molar-refractivity contribution in [2.45, 2.75) is 31.4 Å². The SMILES string of the molecule is CN=C(NCCCCNc1ccccn1)NCC(C)(C)SC. The quantitative estimate of drug-likeness (QED) is 0.370. The Bertz CT molecular complexity index is 433. The fourth-order valence-electron chi connectivity index (χ4n) is 1.73. The zero-order chi connectivity index (χ0) is 16.3. The van der Waals surface area contributed by atoms with Gasteiger partial charge in [-0.1, -0.05) is 6.07 Å². The Labute approximate surface area is 138 Å². The lowest BCUT2D eigenvalue weighted by Crippen LogP contribution is -2.43. The number of anilines is 1. The van der Waals surface area contributed by atoms with Crippen molar-refractivity contribution in [2.75, 3.05) is 38.3 Å². The fourth-order valence-corrected chi connectivity index (χ4v) is 1.95. The highest BCUT2D eigenvalue weighted by Crippen LogP contribution is 2.19. The number of unbranched alkanes of at least 4 members (excludes halogenated alkanes) is 1. The zero-order valence-electron chi connectivity index (χ0n) is 14.1. The summed E-state index contributed by atoms with van der Waals surface area (Å²) >= 11 is 1.85. The van der Waals surface area contributed by atoms with Gasteiger partial charge in [0, 0.05) is 37.6 Å². The molecule has 0 aromatic carbocycles. The van der Waals surface area contributed by atoms with Gasteiger partial charge >= 0.3 is 0 Å². The van der Waals surface area contributed by atoms with Crippen molar-refractivity contribution < 1.29 is 0 Å². The van der Waals surface area contributed by atoms with Crippen LogP contribution in [0.4, 0.5) is 5.82 Å². The Morgan fingerprint density at radius 1 is 1.23 bits per heavy atom. The fraction of sp³-hybridized carbons (Fsp3) is 0.625. The second-order valence-corrected chi connectivity index (χ2v) is 7.18. The van der Waals surface area contributed by atoms with Crippen LogP contribution < -0.4 is 16.0 Å². The molecule has 0 spiro atoms. The molecule has 0 aliphatic heterocycles. The van der Waals surface area contributed by atoms with Crippen LogP contribution in [0.1, 0.15) is 26.7 Å². The van der Waals surface area contributed by atoms with Crippen LogP contribution in [0.2, 0.25) is 0 Å². The molecule has 3 N–H and O–H groups in total. The lowest BCUT2D eigenvalue weighted by molar-refractivity contribution is 0.655. The summed E-state index contributed by atoms with van der Waals surface area (Å²) in [4.78, 5) is 8.49. The van der Waals surface area contributed by atoms with E-state index in [1.807, 2.05) is 37.0 Å². The number of thioether (sulfide) groups is 1. The van der Waals surface area contributed by atoms with Gasteiger partial charge in [0.05, 0.1) is 0 Å². The number of aliphatic imine (C=N–C) groups is 1. The highest BCUT2D eigenvalue weighted by molar-refractivity contribution is 7.99. The molecule has 0 bridgehead atoms. The molecule has 1 rings (SSSR count). The van der Waals surface area contributed by atoms with Crippen molar-refractivity contribution in [3.63, 3.8) is 0 Å². The molecule has 0 atom stereocenters. The molecule has 124 valence electrons. The van der Waals surface area contributed by atoms with Gasteiger partial charge in [-0.3, -0.25) is 4.99 Å². The van der Waals surface area contributed by atoms with Crippen molar-refractivity contribution in [3.05, 3.63) is 24.4 Å². The third-order valence-corrected chi connectivity index (χ3v) is 4.57. The van der Waals surface area contributed by atoms with Gasteiger partial charge in [-0.2, -0.15) is 11.8 Å². The summed E-state index contributed by atoms with van der Waals surface area (Å²) in [5.41, 5.74) is 0. The Balaban J connectivity index is 2.09. The van der Waals surface area contributed by atoms with Gasteiger partial charge in [0.2, 0.25) is 0 Å². The van der Waals surface area contributed by atoms with Crippen molar-refractivity contribution >= 4 is 23.5 Å². The number of pyridine rings is 1. The molecular weight excluding hydrogens is 294 g/mol. The standard InChI is InChI=1S/C16H29N5S/c1-16(2,22-4)13-21-15(17-3)20-12-8-7-11-19-14-9-5-6-10-18-14/h5-6,9-10H,7-8,11-13H2,1-4H3,(H,18,19)(H2,17,20,21). The first kappa shape index (κ1) is 18.6. The van der Waals surface area contributed by atoms with E-state index in [4.69, 9.17) is 0 Å². The van der Waals surface area contributed by atoms with E-state index < -0.39 is 0 Å². The monoisotopic (exact) mass is 323 g/mol. The molecule has 0 radical (unpaired) electrons. The number of nitrogens with zero attached hydrogens (tertiary/aromatic N) is 2. The Kier molecular flexibility index (Phi) is 8.74. The van der Waals surface area contributed by atoms with Crippen LogP contribution in [0, 0.1) is 0 Å². The van der Waals surface area contributed by atoms with Crippen LogP contribution >= 0.6 is 11.8 Å². The van der Waals surface area contributed by atoms with Gasteiger partial charge < -0.3 is 16.0 Å². The lowest BCUT2D eigenvalue weighted by Gasteiger charge is -2.23. The summed E-state index contributed by atoms with van der Waals surface area (Å²) < 4.78 is 0.213. The van der Waals surface area contributed by atoms with E-state index in [1.54, 1.807) is 6.20 Å². The van der Waals surface area contributed by atoms with Crippen LogP contribution in [0.5, 0.6) is 0 Å². The molecule has 0 unspecified atom stereocenters. The predicted molar refractivity (Wildman–Crippen MR) is 98.9 cm³/mol. The molecule has 1 aromatic rings. The van der Waals surface area contributed by atoms with E-state index in [-0.39, 0.29) is 4.75 Å². The summed E-state index contributed by atoms with van der Waals surface area (Å²) in [7, 11) is 1.81. The summed E-state index contributed by atoms with van der Waals surface area (Å²) in [6.45, 7) is 7.20. The van der Waals surface area contributed by atoms with Crippen molar-refractivity contribution in [3.8, 4) is 0 Å². The minimum Gasteiger partial charge on any atom is -0.370 e. The Hall–Kier alpha value is -1.43. The topological polar surface area (TPSA) is 61.3 Å². The molecule has 0 fully saturated rings. The summed E-state index contributed by atoms with van der Waals surface area (Å²) in [6.07, 6.45) is 6.12. The number of hydrogen-bond donors (Lipinski definition) is 3. The smallest absolute Gasteiger partial charge is 0.191 e. The number of rotatable bonds is 9. The molecule has 22 heavy (non-hydrogen) atoms.